The molecule has 1 N–H and O–H groups in total. The Morgan fingerprint density at radius 2 is 1.03 bits per heavy atom. The van der Waals surface area contributed by atoms with E-state index in [-0.39, 0.29) is 16.8 Å². The molecule has 0 atom stereocenters. The number of carbonyl (C=O) groups is 1. The summed E-state index contributed by atoms with van der Waals surface area (Å²) in [5.74, 6) is 0.261. The average molecular weight is 533 g/mol. The summed E-state index contributed by atoms with van der Waals surface area (Å²) in [5.41, 5.74) is 2.66. The van der Waals surface area contributed by atoms with E-state index in [0.717, 1.165) is 29.5 Å². The monoisotopic (exact) mass is 532 g/mol. The number of hydrogen-bond donors (Lipinski definition) is 1. The van der Waals surface area contributed by atoms with Gasteiger partial charge >= 0.3 is 5.97 Å². The van der Waals surface area contributed by atoms with Crippen molar-refractivity contribution < 1.29 is 14.6 Å². The number of benzene rings is 1. The molecule has 0 saturated carbocycles. The van der Waals surface area contributed by atoms with E-state index < -0.39 is 0 Å². The van der Waals surface area contributed by atoms with Gasteiger partial charge in [-0.2, -0.15) is 0 Å². The number of phenols is 1. The highest BCUT2D eigenvalue weighted by Crippen LogP contribution is 2.40. The summed E-state index contributed by atoms with van der Waals surface area (Å²) in [7, 11) is 0. The van der Waals surface area contributed by atoms with Crippen molar-refractivity contribution >= 4 is 5.97 Å². The van der Waals surface area contributed by atoms with Crippen LogP contribution in [0.3, 0.4) is 0 Å². The van der Waals surface area contributed by atoms with Crippen LogP contribution in [0.25, 0.3) is 0 Å². The van der Waals surface area contributed by atoms with Crippen molar-refractivity contribution in [1.29, 1.82) is 0 Å². The third kappa shape index (κ3) is 17.2. The van der Waals surface area contributed by atoms with Gasteiger partial charge in [-0.25, -0.2) is 0 Å². The maximum atomic E-state index is 12.2. The zero-order valence-electron chi connectivity index (χ0n) is 26.9. The molecule has 0 unspecified atom stereocenters. The van der Waals surface area contributed by atoms with Gasteiger partial charge in [-0.15, -0.1) is 0 Å². The van der Waals surface area contributed by atoms with E-state index in [1.54, 1.807) is 0 Å². The highest BCUT2D eigenvalue weighted by Gasteiger charge is 2.26. The minimum absolute atomic E-state index is 0.124. The van der Waals surface area contributed by atoms with E-state index in [2.05, 4.69) is 74.4 Å². The largest absolute Gasteiger partial charge is 0.507 e. The molecule has 0 spiro atoms. The summed E-state index contributed by atoms with van der Waals surface area (Å²) in [5, 5.41) is 10.8. The van der Waals surface area contributed by atoms with Gasteiger partial charge in [0.05, 0.1) is 6.61 Å². The van der Waals surface area contributed by atoms with E-state index in [9.17, 15) is 9.90 Å². The Morgan fingerprint density at radius 1 is 0.658 bits per heavy atom. The van der Waals surface area contributed by atoms with Gasteiger partial charge < -0.3 is 9.84 Å². The fourth-order valence-corrected chi connectivity index (χ4v) is 4.58. The number of carbonyl (C=O) groups excluding carboxylic acids is 1. The van der Waals surface area contributed by atoms with Crippen molar-refractivity contribution in [2.45, 2.75) is 176 Å². The van der Waals surface area contributed by atoms with Gasteiger partial charge in [0.1, 0.15) is 5.75 Å². The molecule has 0 fully saturated rings. The number of phenolic OH excluding ortho intramolecular Hbond substituents is 1. The Balaban J connectivity index is 0.00000147. The second-order valence-electron chi connectivity index (χ2n) is 13.1. The minimum atomic E-state index is -0.156. The molecular formula is C35H64O3. The molecule has 1 aromatic rings. The molecule has 0 radical (unpaired) electrons. The fraction of sp³-hybridized carbons (Fsp3) is 0.800. The zero-order chi connectivity index (χ0) is 29.0. The van der Waals surface area contributed by atoms with Gasteiger partial charge in [0.2, 0.25) is 0 Å². The van der Waals surface area contributed by atoms with Crippen LogP contribution >= 0.6 is 0 Å². The van der Waals surface area contributed by atoms with E-state index in [0.29, 0.717) is 25.2 Å². The Morgan fingerprint density at radius 3 is 1.39 bits per heavy atom. The van der Waals surface area contributed by atoms with Crippen molar-refractivity contribution in [3.63, 3.8) is 0 Å². The quantitative estimate of drug-likeness (QED) is 0.160. The molecule has 38 heavy (non-hydrogen) atoms. The van der Waals surface area contributed by atoms with Crippen molar-refractivity contribution in [1.82, 2.24) is 0 Å². The predicted octanol–water partition coefficient (Wildman–Crippen LogP) is 11.0. The van der Waals surface area contributed by atoms with Crippen LogP contribution in [0.15, 0.2) is 12.1 Å². The molecule has 222 valence electrons. The maximum Gasteiger partial charge on any atom is 0.306 e. The van der Waals surface area contributed by atoms with Gasteiger partial charge in [0.15, 0.2) is 0 Å². The summed E-state index contributed by atoms with van der Waals surface area (Å²) in [4.78, 5) is 12.2. The standard InChI is InChI=1S/C27H46O3.C8H18/c1-8-9-10-11-12-13-14-15-18-30-24(28)17-16-21-19-22(26(2,3)4)25(29)23(20-21)27(5,6)7;1-3-5-7-8-6-4-2/h19-20,29H,8-18H2,1-7H3;3-8H2,1-2H3. The summed E-state index contributed by atoms with van der Waals surface area (Å²) < 4.78 is 5.44. The molecule has 1 rings (SSSR count). The SMILES string of the molecule is CCCCCCCC.CCCCCCCCCCOC(=O)CCc1cc(C(C)(C)C)c(O)c(C(C)(C)C)c1. The predicted molar refractivity (Wildman–Crippen MR) is 166 cm³/mol. The second kappa shape index (κ2) is 20.4. The summed E-state index contributed by atoms with van der Waals surface area (Å²) in [6, 6.07) is 4.10. The van der Waals surface area contributed by atoms with E-state index in [1.165, 1.54) is 77.0 Å². The van der Waals surface area contributed by atoms with Crippen molar-refractivity contribution in [3.05, 3.63) is 28.8 Å². The first-order valence-electron chi connectivity index (χ1n) is 15.9. The van der Waals surface area contributed by atoms with Crippen LogP contribution < -0.4 is 0 Å². The number of rotatable bonds is 17. The van der Waals surface area contributed by atoms with Crippen molar-refractivity contribution in [3.8, 4) is 5.75 Å². The first-order chi connectivity index (χ1) is 17.9. The lowest BCUT2D eigenvalue weighted by Crippen LogP contribution is -2.18. The summed E-state index contributed by atoms with van der Waals surface area (Å²) in [6.45, 7) is 19.9. The number of esters is 1. The van der Waals surface area contributed by atoms with Gasteiger partial charge in [-0.1, -0.05) is 158 Å². The van der Waals surface area contributed by atoms with Gasteiger partial charge in [-0.3, -0.25) is 4.79 Å². The first kappa shape index (κ1) is 36.5. The van der Waals surface area contributed by atoms with E-state index >= 15 is 0 Å². The lowest BCUT2D eigenvalue weighted by atomic mass is 9.78. The van der Waals surface area contributed by atoms with Crippen molar-refractivity contribution in [2.24, 2.45) is 0 Å². The molecule has 0 amide bonds. The third-order valence-corrected chi connectivity index (χ3v) is 7.12. The number of hydrogen-bond acceptors (Lipinski definition) is 3. The number of unbranched alkanes of at least 4 members (excludes halogenated alkanes) is 12. The second-order valence-corrected chi connectivity index (χ2v) is 13.1. The highest BCUT2D eigenvalue weighted by atomic mass is 16.5. The van der Waals surface area contributed by atoms with Crippen LogP contribution in [-0.4, -0.2) is 17.7 Å². The van der Waals surface area contributed by atoms with Crippen LogP contribution in [0.1, 0.15) is 175 Å². The molecule has 0 heterocycles. The summed E-state index contributed by atoms with van der Waals surface area (Å²) in [6.07, 6.45) is 19.4. The molecule has 3 heteroatoms. The summed E-state index contributed by atoms with van der Waals surface area (Å²) >= 11 is 0. The molecule has 0 aliphatic rings. The molecule has 0 aromatic heterocycles. The highest BCUT2D eigenvalue weighted by molar-refractivity contribution is 5.69. The number of ether oxygens (including phenoxy) is 1. The number of aromatic hydroxyl groups is 1. The van der Waals surface area contributed by atoms with Crippen LogP contribution in [0.4, 0.5) is 0 Å². The molecule has 0 aliphatic heterocycles. The lowest BCUT2D eigenvalue weighted by Gasteiger charge is -2.28. The fourth-order valence-electron chi connectivity index (χ4n) is 4.58. The van der Waals surface area contributed by atoms with E-state index in [4.69, 9.17) is 4.74 Å². The molecule has 1 aromatic carbocycles. The van der Waals surface area contributed by atoms with Crippen LogP contribution in [0.5, 0.6) is 5.75 Å². The lowest BCUT2D eigenvalue weighted by molar-refractivity contribution is -0.143. The Labute approximate surface area is 237 Å². The zero-order valence-corrected chi connectivity index (χ0v) is 26.9. The van der Waals surface area contributed by atoms with Crippen molar-refractivity contribution in [2.75, 3.05) is 6.61 Å². The van der Waals surface area contributed by atoms with Crippen LogP contribution in [-0.2, 0) is 26.8 Å². The molecule has 0 aliphatic carbocycles. The topological polar surface area (TPSA) is 46.5 Å². The number of aryl methyl sites for hydroxylation is 1. The minimum Gasteiger partial charge on any atom is -0.507 e. The Kier molecular flexibility index (Phi) is 19.6. The Hall–Kier alpha value is -1.51. The molecule has 0 saturated heterocycles. The molecule has 3 nitrogen and oxygen atoms in total. The van der Waals surface area contributed by atoms with E-state index in [1.807, 2.05) is 0 Å². The van der Waals surface area contributed by atoms with Gasteiger partial charge in [0.25, 0.3) is 0 Å². The third-order valence-electron chi connectivity index (χ3n) is 7.12. The van der Waals surface area contributed by atoms with Crippen LogP contribution in [0, 0.1) is 0 Å². The first-order valence-corrected chi connectivity index (χ1v) is 15.9. The average Bonchev–Trinajstić information content (AvgIpc) is 2.84. The maximum absolute atomic E-state index is 12.2. The molecule has 0 bridgehead atoms. The van der Waals surface area contributed by atoms with Gasteiger partial charge in [0, 0.05) is 6.42 Å². The van der Waals surface area contributed by atoms with Gasteiger partial charge in [-0.05, 0) is 40.4 Å². The van der Waals surface area contributed by atoms with Crippen LogP contribution in [0.2, 0.25) is 0 Å². The smallest absolute Gasteiger partial charge is 0.306 e. The normalized spacial score (nSPS) is 11.7. The molecular weight excluding hydrogens is 468 g/mol. The Bertz CT molecular complexity index is 696.